The zero-order chi connectivity index (χ0) is 27.2. The van der Waals surface area contributed by atoms with E-state index in [0.29, 0.717) is 35.6 Å². The Kier molecular flexibility index (Phi) is 8.23. The van der Waals surface area contributed by atoms with Crippen LogP contribution in [0.3, 0.4) is 0 Å². The first-order chi connectivity index (χ1) is 18.3. The van der Waals surface area contributed by atoms with Gasteiger partial charge in [0.15, 0.2) is 0 Å². The van der Waals surface area contributed by atoms with Gasteiger partial charge in [0.05, 0.1) is 23.4 Å². The molecule has 1 aliphatic heterocycles. The third-order valence-corrected chi connectivity index (χ3v) is 6.08. The Hall–Kier alpha value is -4.43. The summed E-state index contributed by atoms with van der Waals surface area (Å²) >= 11 is 6.21. The molecule has 0 aliphatic carbocycles. The van der Waals surface area contributed by atoms with E-state index in [1.807, 2.05) is 32.0 Å². The lowest BCUT2D eigenvalue weighted by Crippen LogP contribution is -2.32. The first-order valence-corrected chi connectivity index (χ1v) is 12.4. The largest absolute Gasteiger partial charge is 0.462 e. The van der Waals surface area contributed by atoms with Crippen LogP contribution in [0.5, 0.6) is 5.75 Å². The number of ether oxygens (including phenoxy) is 2. The summed E-state index contributed by atoms with van der Waals surface area (Å²) in [5, 5.41) is 2.59. The normalized spacial score (nSPS) is 13.1. The number of rotatable bonds is 9. The topological polar surface area (TPSA) is 102 Å². The van der Waals surface area contributed by atoms with Crippen LogP contribution in [-0.4, -0.2) is 30.4 Å². The number of esters is 2. The van der Waals surface area contributed by atoms with E-state index in [1.165, 1.54) is 36.4 Å². The number of nitrogens with zero attached hydrogens (tertiary/aromatic N) is 1. The molecule has 194 valence electrons. The molecule has 3 aromatic rings. The third kappa shape index (κ3) is 5.76. The Labute approximate surface area is 224 Å². The maximum Gasteiger partial charge on any atom is 0.343 e. The van der Waals surface area contributed by atoms with E-state index >= 15 is 0 Å². The minimum absolute atomic E-state index is 0.102. The van der Waals surface area contributed by atoms with Crippen molar-refractivity contribution in [2.75, 3.05) is 16.8 Å². The summed E-state index contributed by atoms with van der Waals surface area (Å²) in [4.78, 5) is 51.3. The molecule has 8 nitrogen and oxygen atoms in total. The van der Waals surface area contributed by atoms with E-state index in [2.05, 4.69) is 5.32 Å². The molecule has 9 heteroatoms. The molecule has 0 spiro atoms. The summed E-state index contributed by atoms with van der Waals surface area (Å²) in [6.07, 6.45) is 1.52. The van der Waals surface area contributed by atoms with Crippen molar-refractivity contribution in [3.8, 4) is 5.75 Å². The van der Waals surface area contributed by atoms with E-state index in [1.54, 1.807) is 18.2 Å². The van der Waals surface area contributed by atoms with Crippen molar-refractivity contribution in [1.82, 2.24) is 0 Å². The molecule has 0 bridgehead atoms. The molecule has 0 atom stereocenters. The fraction of sp³-hybridized carbons (Fsp3) is 0.172. The molecule has 0 saturated heterocycles. The zero-order valence-electron chi connectivity index (χ0n) is 20.8. The van der Waals surface area contributed by atoms with Gasteiger partial charge in [-0.1, -0.05) is 37.6 Å². The molecule has 1 N–H and O–H groups in total. The molecular weight excluding hydrogens is 508 g/mol. The van der Waals surface area contributed by atoms with Gasteiger partial charge in [-0.3, -0.25) is 9.59 Å². The standard InChI is InChI=1S/C29H25ClN2O6/c1-3-16-37-28(35)19-10-14-22(15-11-19)32-26(33)24(30)25(27(32)34)31-21-12-8-20(9-13-21)29(36)38-23-7-5-6-18(4-2)17-23/h5-15,17,31H,3-4,16H2,1-2H3. The molecular formula is C29H25ClN2O6. The van der Waals surface area contributed by atoms with Crippen LogP contribution in [-0.2, 0) is 20.7 Å². The van der Waals surface area contributed by atoms with Crippen LogP contribution in [0.25, 0.3) is 0 Å². The minimum Gasteiger partial charge on any atom is -0.462 e. The zero-order valence-corrected chi connectivity index (χ0v) is 21.6. The van der Waals surface area contributed by atoms with Gasteiger partial charge in [-0.15, -0.1) is 0 Å². The lowest BCUT2D eigenvalue weighted by atomic mass is 10.1. The van der Waals surface area contributed by atoms with Crippen molar-refractivity contribution in [2.45, 2.75) is 26.7 Å². The van der Waals surface area contributed by atoms with Gasteiger partial charge in [0, 0.05) is 5.69 Å². The van der Waals surface area contributed by atoms with Gasteiger partial charge < -0.3 is 14.8 Å². The second-order valence-corrected chi connectivity index (χ2v) is 8.79. The van der Waals surface area contributed by atoms with Crippen LogP contribution >= 0.6 is 11.6 Å². The predicted octanol–water partition coefficient (Wildman–Crippen LogP) is 5.47. The number of hydrogen-bond donors (Lipinski definition) is 1. The van der Waals surface area contributed by atoms with Crippen molar-refractivity contribution < 1.29 is 28.7 Å². The summed E-state index contributed by atoms with van der Waals surface area (Å²) in [7, 11) is 0. The third-order valence-electron chi connectivity index (χ3n) is 5.73. The number of anilines is 2. The fourth-order valence-electron chi connectivity index (χ4n) is 3.70. The van der Waals surface area contributed by atoms with E-state index in [0.717, 1.165) is 16.9 Å². The van der Waals surface area contributed by atoms with E-state index < -0.39 is 23.8 Å². The van der Waals surface area contributed by atoms with E-state index in [9.17, 15) is 19.2 Å². The highest BCUT2D eigenvalue weighted by Gasteiger charge is 2.39. The van der Waals surface area contributed by atoms with Crippen molar-refractivity contribution in [1.29, 1.82) is 0 Å². The summed E-state index contributed by atoms with van der Waals surface area (Å²) in [5.41, 5.74) is 2.26. The lowest BCUT2D eigenvalue weighted by Gasteiger charge is -2.15. The lowest BCUT2D eigenvalue weighted by molar-refractivity contribution is -0.120. The highest BCUT2D eigenvalue weighted by atomic mass is 35.5. The van der Waals surface area contributed by atoms with Gasteiger partial charge in [0.2, 0.25) is 0 Å². The average molecular weight is 533 g/mol. The molecule has 3 aromatic carbocycles. The summed E-state index contributed by atoms with van der Waals surface area (Å²) in [6, 6.07) is 19.4. The quantitative estimate of drug-likeness (QED) is 0.221. The maximum absolute atomic E-state index is 13.1. The smallest absolute Gasteiger partial charge is 0.343 e. The fourth-order valence-corrected chi connectivity index (χ4v) is 3.91. The van der Waals surface area contributed by atoms with Crippen LogP contribution in [0.1, 0.15) is 46.5 Å². The number of nitrogens with one attached hydrogen (secondary N) is 1. The minimum atomic E-state index is -0.699. The molecule has 38 heavy (non-hydrogen) atoms. The van der Waals surface area contributed by atoms with Gasteiger partial charge in [-0.25, -0.2) is 14.5 Å². The molecule has 0 aromatic heterocycles. The maximum atomic E-state index is 13.1. The number of carbonyl (C=O) groups excluding carboxylic acids is 4. The van der Waals surface area contributed by atoms with Crippen LogP contribution < -0.4 is 15.0 Å². The van der Waals surface area contributed by atoms with Gasteiger partial charge in [-0.05, 0) is 79.1 Å². The van der Waals surface area contributed by atoms with Crippen molar-refractivity contribution >= 4 is 46.7 Å². The SMILES string of the molecule is CCCOC(=O)c1ccc(N2C(=O)C(Cl)=C(Nc3ccc(C(=O)Oc4cccc(CC)c4)cc3)C2=O)cc1. The number of amides is 2. The molecule has 4 rings (SSSR count). The molecule has 1 heterocycles. The number of imide groups is 1. The van der Waals surface area contributed by atoms with Crippen LogP contribution in [0.4, 0.5) is 11.4 Å². The summed E-state index contributed by atoms with van der Waals surface area (Å²) < 4.78 is 10.5. The Balaban J connectivity index is 1.43. The molecule has 1 aliphatic rings. The Morgan fingerprint density at radius 3 is 2.18 bits per heavy atom. The van der Waals surface area contributed by atoms with Gasteiger partial charge >= 0.3 is 11.9 Å². The Bertz CT molecular complexity index is 1410. The van der Waals surface area contributed by atoms with Crippen molar-refractivity contribution in [3.63, 3.8) is 0 Å². The Morgan fingerprint density at radius 1 is 0.868 bits per heavy atom. The number of aryl methyl sites for hydroxylation is 1. The Morgan fingerprint density at radius 2 is 1.53 bits per heavy atom. The molecule has 0 fully saturated rings. The van der Waals surface area contributed by atoms with Crippen LogP contribution in [0.15, 0.2) is 83.5 Å². The molecule has 0 unspecified atom stereocenters. The number of benzene rings is 3. The van der Waals surface area contributed by atoms with E-state index in [4.69, 9.17) is 21.1 Å². The van der Waals surface area contributed by atoms with E-state index in [-0.39, 0.29) is 16.4 Å². The van der Waals surface area contributed by atoms with Crippen LogP contribution in [0.2, 0.25) is 0 Å². The predicted molar refractivity (Wildman–Crippen MR) is 143 cm³/mol. The molecule has 0 radical (unpaired) electrons. The highest BCUT2D eigenvalue weighted by molar-refractivity contribution is 6.53. The second kappa shape index (κ2) is 11.7. The summed E-state index contributed by atoms with van der Waals surface area (Å²) in [6.45, 7) is 4.20. The molecule has 0 saturated carbocycles. The second-order valence-electron chi connectivity index (χ2n) is 8.41. The molecule has 2 amide bonds. The van der Waals surface area contributed by atoms with Gasteiger partial charge in [0.1, 0.15) is 16.5 Å². The summed E-state index contributed by atoms with van der Waals surface area (Å²) in [5.74, 6) is -1.91. The van der Waals surface area contributed by atoms with Gasteiger partial charge in [-0.2, -0.15) is 0 Å². The highest BCUT2D eigenvalue weighted by Crippen LogP contribution is 2.30. The van der Waals surface area contributed by atoms with Gasteiger partial charge in [0.25, 0.3) is 11.8 Å². The first-order valence-electron chi connectivity index (χ1n) is 12.1. The number of halogens is 1. The average Bonchev–Trinajstić information content (AvgIpc) is 3.15. The van der Waals surface area contributed by atoms with Crippen LogP contribution in [0, 0.1) is 0 Å². The first kappa shape index (κ1) is 26.6. The van der Waals surface area contributed by atoms with Crippen molar-refractivity contribution in [3.05, 3.63) is 100 Å². The number of hydrogen-bond acceptors (Lipinski definition) is 7. The van der Waals surface area contributed by atoms with Crippen molar-refractivity contribution in [2.24, 2.45) is 0 Å². The monoisotopic (exact) mass is 532 g/mol. The number of carbonyl (C=O) groups is 4.